The van der Waals surface area contributed by atoms with Crippen LogP contribution >= 0.6 is 0 Å². The molecular formula is C13H9F3N2O2. The molecular weight excluding hydrogens is 273 g/mol. The van der Waals surface area contributed by atoms with Gasteiger partial charge < -0.3 is 9.47 Å². The third kappa shape index (κ3) is 2.74. The monoisotopic (exact) mass is 282 g/mol. The summed E-state index contributed by atoms with van der Waals surface area (Å²) in [5.74, 6) is -0.449. The summed E-state index contributed by atoms with van der Waals surface area (Å²) in [6.07, 6.45) is -4.51. The van der Waals surface area contributed by atoms with Crippen molar-refractivity contribution in [1.82, 2.24) is 4.98 Å². The Morgan fingerprint density at radius 1 is 1.30 bits per heavy atom. The number of fused-ring (bicyclic) bond motifs is 1. The second kappa shape index (κ2) is 5.25. The lowest BCUT2D eigenvalue weighted by Gasteiger charge is -2.14. The molecule has 0 aliphatic heterocycles. The van der Waals surface area contributed by atoms with Gasteiger partial charge in [0.25, 0.3) is 5.88 Å². The van der Waals surface area contributed by atoms with Gasteiger partial charge in [0.05, 0.1) is 12.6 Å². The number of methoxy groups -OCH3 is 1. The van der Waals surface area contributed by atoms with Crippen LogP contribution in [0, 0.1) is 11.3 Å². The number of aromatic nitrogens is 1. The topological polar surface area (TPSA) is 55.1 Å². The zero-order valence-electron chi connectivity index (χ0n) is 10.4. The summed E-state index contributed by atoms with van der Waals surface area (Å²) >= 11 is 0. The summed E-state index contributed by atoms with van der Waals surface area (Å²) in [6, 6.07) is 8.41. The number of nitriles is 1. The summed E-state index contributed by atoms with van der Waals surface area (Å²) in [5.41, 5.74) is 0.414. The van der Waals surface area contributed by atoms with Gasteiger partial charge >= 0.3 is 6.18 Å². The van der Waals surface area contributed by atoms with Gasteiger partial charge in [0.1, 0.15) is 11.6 Å². The molecule has 0 aliphatic carbocycles. The van der Waals surface area contributed by atoms with Gasteiger partial charge in [0.2, 0.25) is 0 Å². The largest absolute Gasteiger partial charge is 0.478 e. The van der Waals surface area contributed by atoms with Crippen LogP contribution in [0.25, 0.3) is 10.9 Å². The number of hydrogen-bond acceptors (Lipinski definition) is 4. The minimum atomic E-state index is -4.51. The zero-order chi connectivity index (χ0) is 14.8. The minimum absolute atomic E-state index is 0.0308. The fraction of sp³-hybridized carbons (Fsp3) is 0.231. The predicted molar refractivity (Wildman–Crippen MR) is 64.6 cm³/mol. The maximum Gasteiger partial charge on any atom is 0.422 e. The van der Waals surface area contributed by atoms with Crippen molar-refractivity contribution < 1.29 is 22.6 Å². The van der Waals surface area contributed by atoms with Gasteiger partial charge in [-0.15, -0.1) is 0 Å². The average molecular weight is 282 g/mol. The Labute approximate surface area is 112 Å². The van der Waals surface area contributed by atoms with Crippen LogP contribution < -0.4 is 9.47 Å². The van der Waals surface area contributed by atoms with Gasteiger partial charge in [-0.05, 0) is 6.07 Å². The number of alkyl halides is 3. The lowest BCUT2D eigenvalue weighted by atomic mass is 10.1. The average Bonchev–Trinajstić information content (AvgIpc) is 2.42. The molecule has 1 aromatic carbocycles. The third-order valence-corrected chi connectivity index (χ3v) is 2.50. The molecule has 20 heavy (non-hydrogen) atoms. The number of hydrogen-bond donors (Lipinski definition) is 0. The second-order valence-electron chi connectivity index (χ2n) is 3.86. The summed E-state index contributed by atoms with van der Waals surface area (Å²) in [5, 5.41) is 9.58. The normalized spacial score (nSPS) is 11.2. The maximum atomic E-state index is 12.3. The van der Waals surface area contributed by atoms with Crippen molar-refractivity contribution >= 4 is 10.9 Å². The number of halogens is 3. The lowest BCUT2D eigenvalue weighted by Crippen LogP contribution is -2.20. The van der Waals surface area contributed by atoms with Gasteiger partial charge in [-0.2, -0.15) is 18.4 Å². The molecule has 0 saturated heterocycles. The van der Waals surface area contributed by atoms with E-state index in [9.17, 15) is 18.4 Å². The Hall–Kier alpha value is -2.49. The van der Waals surface area contributed by atoms with Gasteiger partial charge in [-0.3, -0.25) is 0 Å². The molecule has 1 aromatic heterocycles. The lowest BCUT2D eigenvalue weighted by molar-refractivity contribution is -0.153. The molecule has 0 bridgehead atoms. The molecule has 104 valence electrons. The van der Waals surface area contributed by atoms with E-state index in [1.807, 2.05) is 6.07 Å². The van der Waals surface area contributed by atoms with Crippen LogP contribution in [-0.2, 0) is 0 Å². The van der Waals surface area contributed by atoms with E-state index >= 15 is 0 Å². The van der Waals surface area contributed by atoms with Crippen LogP contribution in [0.4, 0.5) is 13.2 Å². The van der Waals surface area contributed by atoms with Crippen LogP contribution in [0.5, 0.6) is 11.6 Å². The van der Waals surface area contributed by atoms with E-state index in [-0.39, 0.29) is 17.2 Å². The fourth-order valence-corrected chi connectivity index (χ4v) is 1.71. The highest BCUT2D eigenvalue weighted by atomic mass is 19.4. The molecule has 2 aromatic rings. The van der Waals surface area contributed by atoms with Gasteiger partial charge in [-0.25, -0.2) is 4.98 Å². The van der Waals surface area contributed by atoms with Gasteiger partial charge in [-0.1, -0.05) is 18.2 Å². The van der Waals surface area contributed by atoms with Gasteiger partial charge in [0, 0.05) is 5.39 Å². The highest BCUT2D eigenvalue weighted by Crippen LogP contribution is 2.35. The number of benzene rings is 1. The Morgan fingerprint density at radius 3 is 2.60 bits per heavy atom. The molecule has 0 amide bonds. The molecule has 4 nitrogen and oxygen atoms in total. The molecule has 0 radical (unpaired) electrons. The summed E-state index contributed by atoms with van der Waals surface area (Å²) in [7, 11) is 1.25. The van der Waals surface area contributed by atoms with Crippen molar-refractivity contribution in [2.75, 3.05) is 13.7 Å². The standard InChI is InChI=1S/C13H9F3N2O2/c1-19-12-11(20-7-13(14,15)16)9(6-17)8-4-2-3-5-10(8)18-12/h2-5H,7H2,1H3. The first-order valence-electron chi connectivity index (χ1n) is 5.52. The highest BCUT2D eigenvalue weighted by Gasteiger charge is 2.30. The quantitative estimate of drug-likeness (QED) is 0.868. The number of ether oxygens (including phenoxy) is 2. The number of pyridine rings is 1. The molecule has 0 unspecified atom stereocenters. The van der Waals surface area contributed by atoms with Crippen LogP contribution in [0.2, 0.25) is 0 Å². The van der Waals surface area contributed by atoms with E-state index in [4.69, 9.17) is 4.74 Å². The molecule has 0 aliphatic rings. The summed E-state index contributed by atoms with van der Waals surface area (Å²) in [6.45, 7) is -1.52. The first-order valence-corrected chi connectivity index (χ1v) is 5.52. The van der Waals surface area contributed by atoms with Crippen molar-refractivity contribution in [2.45, 2.75) is 6.18 Å². The molecule has 0 N–H and O–H groups in total. The van der Waals surface area contributed by atoms with Crippen molar-refractivity contribution in [3.63, 3.8) is 0 Å². The van der Waals surface area contributed by atoms with E-state index in [1.54, 1.807) is 24.3 Å². The van der Waals surface area contributed by atoms with E-state index in [0.29, 0.717) is 10.9 Å². The van der Waals surface area contributed by atoms with Crippen LogP contribution in [-0.4, -0.2) is 24.9 Å². The molecule has 0 spiro atoms. The maximum absolute atomic E-state index is 12.3. The minimum Gasteiger partial charge on any atom is -0.478 e. The Morgan fingerprint density at radius 2 is 2.00 bits per heavy atom. The number of rotatable bonds is 3. The summed E-state index contributed by atoms with van der Waals surface area (Å²) < 4.78 is 46.4. The molecule has 0 saturated carbocycles. The molecule has 1 heterocycles. The number of para-hydroxylation sites is 1. The first-order chi connectivity index (χ1) is 9.46. The van der Waals surface area contributed by atoms with Crippen LogP contribution in [0.3, 0.4) is 0 Å². The van der Waals surface area contributed by atoms with E-state index in [1.165, 1.54) is 7.11 Å². The summed E-state index contributed by atoms with van der Waals surface area (Å²) in [4.78, 5) is 4.04. The van der Waals surface area contributed by atoms with Crippen molar-refractivity contribution in [3.8, 4) is 17.7 Å². The van der Waals surface area contributed by atoms with E-state index in [0.717, 1.165) is 0 Å². The smallest absolute Gasteiger partial charge is 0.422 e. The first kappa shape index (κ1) is 13.9. The van der Waals surface area contributed by atoms with Crippen molar-refractivity contribution in [3.05, 3.63) is 29.8 Å². The third-order valence-electron chi connectivity index (χ3n) is 2.50. The Balaban J connectivity index is 2.59. The van der Waals surface area contributed by atoms with E-state index < -0.39 is 12.8 Å². The van der Waals surface area contributed by atoms with Crippen molar-refractivity contribution in [1.29, 1.82) is 5.26 Å². The highest BCUT2D eigenvalue weighted by molar-refractivity contribution is 5.88. The zero-order valence-corrected chi connectivity index (χ0v) is 10.4. The number of nitrogens with zero attached hydrogens (tertiary/aromatic N) is 2. The fourth-order valence-electron chi connectivity index (χ4n) is 1.71. The van der Waals surface area contributed by atoms with E-state index in [2.05, 4.69) is 9.72 Å². The Kier molecular flexibility index (Phi) is 3.66. The van der Waals surface area contributed by atoms with Crippen molar-refractivity contribution in [2.24, 2.45) is 0 Å². The molecule has 0 atom stereocenters. The second-order valence-corrected chi connectivity index (χ2v) is 3.86. The SMILES string of the molecule is COc1nc2ccccc2c(C#N)c1OCC(F)(F)F. The Bertz CT molecular complexity index is 678. The predicted octanol–water partition coefficient (Wildman–Crippen LogP) is 3.06. The van der Waals surface area contributed by atoms with Crippen LogP contribution in [0.1, 0.15) is 5.56 Å². The van der Waals surface area contributed by atoms with Crippen LogP contribution in [0.15, 0.2) is 24.3 Å². The molecule has 2 rings (SSSR count). The molecule has 0 fully saturated rings. The van der Waals surface area contributed by atoms with Gasteiger partial charge in [0.15, 0.2) is 12.4 Å². The molecule has 7 heteroatoms.